The Hall–Kier alpha value is -8.12. The van der Waals surface area contributed by atoms with E-state index in [1.807, 2.05) is 0 Å². The zero-order chi connectivity index (χ0) is 69.3. The quantitative estimate of drug-likeness (QED) is 0.0328. The Kier molecular flexibility index (Phi) is 27.8. The summed E-state index contributed by atoms with van der Waals surface area (Å²) in [6.07, 6.45) is -15.6. The van der Waals surface area contributed by atoms with Gasteiger partial charge in [-0.1, -0.05) is 0 Å². The van der Waals surface area contributed by atoms with Crippen molar-refractivity contribution in [1.82, 2.24) is 67.6 Å². The molecule has 20 N–H and O–H groups in total. The number of nitrogens with one attached hydrogen (secondary N) is 10. The van der Waals surface area contributed by atoms with E-state index in [-0.39, 0.29) is 38.8 Å². The van der Waals surface area contributed by atoms with E-state index in [1.165, 1.54) is 31.3 Å². The molecule has 0 radical (unpaired) electrons. The molecule has 0 aromatic carbocycles. The molecule has 19 atom stereocenters. The van der Waals surface area contributed by atoms with Crippen LogP contribution in [0.3, 0.4) is 0 Å². The first-order valence-electron chi connectivity index (χ1n) is 29.7. The van der Waals surface area contributed by atoms with Crippen molar-refractivity contribution in [2.75, 3.05) is 46.0 Å². The number of likely N-dealkylation sites (tertiary alicyclic amines) is 2. The van der Waals surface area contributed by atoms with Gasteiger partial charge in [0.1, 0.15) is 85.0 Å². The van der Waals surface area contributed by atoms with Gasteiger partial charge in [0, 0.05) is 58.6 Å². The van der Waals surface area contributed by atoms with Gasteiger partial charge in [-0.05, 0) is 46.5 Å². The number of ether oxygens (including phenoxy) is 4. The van der Waals surface area contributed by atoms with Crippen LogP contribution in [0.5, 0.6) is 0 Å². The number of aromatic amines is 1. The third-order valence-corrected chi connectivity index (χ3v) is 15.7. The number of carbonyl (C=O) groups is 13. The summed E-state index contributed by atoms with van der Waals surface area (Å²) in [7, 11) is 0. The van der Waals surface area contributed by atoms with Crippen molar-refractivity contribution in [3.05, 3.63) is 18.2 Å². The third kappa shape index (κ3) is 20.2. The molecule has 0 spiro atoms. The van der Waals surface area contributed by atoms with Gasteiger partial charge in [-0.15, -0.1) is 0 Å². The Morgan fingerprint density at radius 3 is 1.98 bits per heavy atom. The number of amides is 12. The summed E-state index contributed by atoms with van der Waals surface area (Å²) in [4.78, 5) is 180. The van der Waals surface area contributed by atoms with Gasteiger partial charge in [0.15, 0.2) is 6.29 Å². The van der Waals surface area contributed by atoms with Crippen LogP contribution in [-0.2, 0) is 87.7 Å². The van der Waals surface area contributed by atoms with Gasteiger partial charge in [0.2, 0.25) is 70.9 Å². The summed E-state index contributed by atoms with van der Waals surface area (Å²) < 4.78 is 23.4. The lowest BCUT2D eigenvalue weighted by atomic mass is 9.88. The number of hydrogen-bond acceptors (Lipinski definition) is 25. The molecule has 1 aromatic rings. The number of aliphatic carboxylic acids is 1. The number of aromatic nitrogens is 2. The lowest BCUT2D eigenvalue weighted by molar-refractivity contribution is -0.332. The smallest absolute Gasteiger partial charge is 0.364 e. The van der Waals surface area contributed by atoms with Gasteiger partial charge in [-0.2, -0.15) is 0 Å². The van der Waals surface area contributed by atoms with E-state index in [1.54, 1.807) is 0 Å². The summed E-state index contributed by atoms with van der Waals surface area (Å²) in [6, 6.07) is -13.7. The summed E-state index contributed by atoms with van der Waals surface area (Å²) in [5.74, 6) is -15.4. The largest absolute Gasteiger partial charge is 0.477 e. The zero-order valence-corrected chi connectivity index (χ0v) is 51.7. The Morgan fingerprint density at radius 1 is 0.742 bits per heavy atom. The third-order valence-electron chi connectivity index (χ3n) is 15.7. The molecule has 39 nitrogen and oxygen atoms in total. The first kappa shape index (κ1) is 75.6. The molecule has 520 valence electrons. The highest BCUT2D eigenvalue weighted by Crippen LogP contribution is 2.35. The number of primary amides is 1. The van der Waals surface area contributed by atoms with Crippen LogP contribution in [0.1, 0.15) is 79.3 Å². The fraction of sp³-hybridized carbons (Fsp3) is 0.704. The number of imidazole rings is 1. The first-order chi connectivity index (χ1) is 43.7. The highest BCUT2D eigenvalue weighted by atomic mass is 16.7. The topological polar surface area (TPSA) is 590 Å². The molecule has 0 aliphatic carbocycles. The van der Waals surface area contributed by atoms with E-state index in [2.05, 4.69) is 57.8 Å². The SMILES string of the molecule is CC(=O)NCC(=O)N[C@@H](CO)C(=O)N[C@H](C(=O)N[C@@H](C)C(=O)N1CCC[C@H]1C(=O)N1CCC[C@H]1C(=O)N[C@@H](C)C(=O)N[C@@H](Cc1cnc[nH]1)C(=O)NCC(N)=O)[C@@H](C)O[C@H]1O[C@H](CO[C@]2(C(=O)O)C[C@H](O)[C@@H](NC(C)=O)[C@H]([C@H](O)[C@H](O)CO)O2)[C@H](O)[C@H](O)[C@H]1NC(C)=O. The van der Waals surface area contributed by atoms with E-state index in [0.717, 1.165) is 32.6 Å². The van der Waals surface area contributed by atoms with Crippen molar-refractivity contribution >= 4 is 76.9 Å². The molecule has 0 unspecified atom stereocenters. The standard InChI is InChI=1S/C54H84N14O25/c1-22(45(81)65-29(13-28-15-56-21-59-28)46(82)58-16-36(55)76)60-48(84)31-9-7-11-67(31)51(87)32-10-8-12-68(32)50(86)23(2)61-49(85)38(66-47(83)30(18-69)64-37(77)17-57-25(4)71)24(3)91-52-40(63-27(6)73)43(80)42(79)35(92-52)20-90-54(53(88)89)14-33(74)39(62-26(5)72)44(93-54)41(78)34(75)19-70/h15,21-24,29-35,38-44,52,69-70,74-75,78-80H,7-14,16-20H2,1-6H3,(H2,55,76)(H,56,59)(H,57,71)(H,58,82)(H,60,84)(H,61,85)(H,62,72)(H,63,73)(H,64,77)(H,65,81)(H,66,83)(H,88,89)/t22-,23-,24+,29-,30-,31-,32-,33-,34+,35+,38-,39+,40+,41+,42-,43+,44+,52-,54+/m0/s1. The van der Waals surface area contributed by atoms with Crippen molar-refractivity contribution in [2.24, 2.45) is 5.73 Å². The summed E-state index contributed by atoms with van der Waals surface area (Å²) in [5, 5.41) is 107. The molecule has 39 heteroatoms. The van der Waals surface area contributed by atoms with Crippen LogP contribution in [0.25, 0.3) is 0 Å². The highest BCUT2D eigenvalue weighted by Gasteiger charge is 2.57. The number of H-pyrrole nitrogens is 1. The number of hydrogen-bond donors (Lipinski definition) is 19. The minimum absolute atomic E-state index is 0.0317. The molecule has 4 aliphatic heterocycles. The average molecular weight is 1330 g/mol. The van der Waals surface area contributed by atoms with Crippen LogP contribution in [0.2, 0.25) is 0 Å². The van der Waals surface area contributed by atoms with Crippen LogP contribution >= 0.6 is 0 Å². The maximum Gasteiger partial charge on any atom is 0.364 e. The number of carbonyl (C=O) groups excluding carboxylic acids is 12. The van der Waals surface area contributed by atoms with Gasteiger partial charge in [-0.25, -0.2) is 9.78 Å². The van der Waals surface area contributed by atoms with Gasteiger partial charge < -0.3 is 128 Å². The molecule has 0 saturated carbocycles. The molecule has 4 saturated heterocycles. The molecular weight excluding hydrogens is 1240 g/mol. The van der Waals surface area contributed by atoms with E-state index >= 15 is 0 Å². The van der Waals surface area contributed by atoms with E-state index in [0.29, 0.717) is 12.1 Å². The van der Waals surface area contributed by atoms with Crippen molar-refractivity contribution in [3.8, 4) is 0 Å². The fourth-order valence-corrected chi connectivity index (χ4v) is 10.8. The second kappa shape index (κ2) is 34.2. The second-order valence-corrected chi connectivity index (χ2v) is 22.8. The Labute approximate surface area is 530 Å². The Morgan fingerprint density at radius 2 is 1.39 bits per heavy atom. The number of nitrogens with two attached hydrogens (primary N) is 1. The van der Waals surface area contributed by atoms with Crippen LogP contribution in [0.15, 0.2) is 12.5 Å². The lowest BCUT2D eigenvalue weighted by Crippen LogP contribution is -2.69. The molecule has 4 fully saturated rings. The van der Waals surface area contributed by atoms with E-state index in [4.69, 9.17) is 24.7 Å². The Balaban J connectivity index is 1.36. The zero-order valence-electron chi connectivity index (χ0n) is 51.7. The maximum absolute atomic E-state index is 14.6. The van der Waals surface area contributed by atoms with E-state index in [9.17, 15) is 103 Å². The highest BCUT2D eigenvalue weighted by molar-refractivity contribution is 5.98. The summed E-state index contributed by atoms with van der Waals surface area (Å²) >= 11 is 0. The predicted molar refractivity (Wildman–Crippen MR) is 308 cm³/mol. The van der Waals surface area contributed by atoms with Crippen molar-refractivity contribution < 1.29 is 122 Å². The average Bonchev–Trinajstić information content (AvgIpc) is 1.32. The Bertz CT molecular complexity index is 2860. The number of rotatable bonds is 31. The second-order valence-electron chi connectivity index (χ2n) is 22.8. The van der Waals surface area contributed by atoms with Gasteiger partial charge in [-0.3, -0.25) is 57.5 Å². The first-order valence-corrected chi connectivity index (χ1v) is 29.7. The van der Waals surface area contributed by atoms with Crippen LogP contribution < -0.4 is 53.6 Å². The summed E-state index contributed by atoms with van der Waals surface area (Å²) in [5.41, 5.74) is 5.61. The van der Waals surface area contributed by atoms with Gasteiger partial charge in [0.25, 0.3) is 5.79 Å². The molecule has 5 rings (SSSR count). The summed E-state index contributed by atoms with van der Waals surface area (Å²) in [6.45, 7) is 2.28. The molecule has 12 amide bonds. The van der Waals surface area contributed by atoms with Gasteiger partial charge in [0.05, 0.1) is 57.5 Å². The molecule has 1 aromatic heterocycles. The maximum atomic E-state index is 14.6. The molecular formula is C54H84N14O25. The predicted octanol–water partition coefficient (Wildman–Crippen LogP) is -11.3. The van der Waals surface area contributed by atoms with Crippen molar-refractivity contribution in [1.29, 1.82) is 0 Å². The van der Waals surface area contributed by atoms with Crippen molar-refractivity contribution in [3.63, 3.8) is 0 Å². The minimum Gasteiger partial charge on any atom is -0.477 e. The minimum atomic E-state index is -3.01. The van der Waals surface area contributed by atoms with Crippen LogP contribution in [0, 0.1) is 0 Å². The van der Waals surface area contributed by atoms with E-state index < -0.39 is 231 Å². The molecule has 5 heterocycles. The van der Waals surface area contributed by atoms with Crippen LogP contribution in [-0.4, -0.2) is 299 Å². The molecule has 0 bridgehead atoms. The normalized spacial score (nSPS) is 27.0. The monoisotopic (exact) mass is 1330 g/mol. The lowest BCUT2D eigenvalue weighted by Gasteiger charge is -2.48. The van der Waals surface area contributed by atoms with Crippen LogP contribution in [0.4, 0.5) is 0 Å². The number of nitrogens with zero attached hydrogens (tertiary/aromatic N) is 3. The molecule has 4 aliphatic rings. The van der Waals surface area contributed by atoms with Gasteiger partial charge >= 0.3 is 5.97 Å². The van der Waals surface area contributed by atoms with Crippen molar-refractivity contribution in [2.45, 2.75) is 195 Å². The number of aliphatic hydroxyl groups excluding tert-OH is 7. The number of carboxylic acids is 1. The molecule has 93 heavy (non-hydrogen) atoms. The number of carboxylic acid groups (broad SMARTS) is 1. The fourth-order valence-electron chi connectivity index (χ4n) is 10.8. The number of aliphatic hydroxyl groups is 7.